The lowest BCUT2D eigenvalue weighted by Gasteiger charge is -2.55. The van der Waals surface area contributed by atoms with Gasteiger partial charge in [-0.1, -0.05) is 29.8 Å². The fourth-order valence-corrected chi connectivity index (χ4v) is 6.36. The van der Waals surface area contributed by atoms with Crippen LogP contribution in [0.5, 0.6) is 0 Å². The van der Waals surface area contributed by atoms with E-state index in [9.17, 15) is 9.59 Å². The van der Waals surface area contributed by atoms with Gasteiger partial charge in [0.05, 0.1) is 16.1 Å². The molecule has 4 aliphatic carbocycles. The lowest BCUT2D eigenvalue weighted by atomic mass is 9.49. The molecule has 0 unspecified atom stereocenters. The molecule has 2 N–H and O–H groups in total. The third-order valence-corrected chi connectivity index (χ3v) is 7.34. The Hall–Kier alpha value is -2.33. The minimum atomic E-state index is -0.210. The predicted octanol–water partition coefficient (Wildman–Crippen LogP) is 5.75. The number of halogens is 1. The highest BCUT2D eigenvalue weighted by Crippen LogP contribution is 2.60. The molecule has 2 aromatic rings. The lowest BCUT2D eigenvalue weighted by molar-refractivity contribution is -0.140. The highest BCUT2D eigenvalue weighted by molar-refractivity contribution is 6.34. The summed E-state index contributed by atoms with van der Waals surface area (Å²) in [6.45, 7) is 0. The van der Waals surface area contributed by atoms with Crippen molar-refractivity contribution >= 4 is 34.8 Å². The number of benzene rings is 2. The number of amides is 2. The molecule has 6 rings (SSSR count). The molecule has 4 aliphatic rings. The summed E-state index contributed by atoms with van der Waals surface area (Å²) in [4.78, 5) is 25.6. The van der Waals surface area contributed by atoms with E-state index in [4.69, 9.17) is 11.6 Å². The van der Waals surface area contributed by atoms with Gasteiger partial charge in [0, 0.05) is 11.3 Å². The minimum absolute atomic E-state index is 0.147. The SMILES string of the molecule is O=C(Nc1ccc(NC(=O)C23CC4CC(CC(C4)C2)C3)cc1Cl)c1ccccc1. The van der Waals surface area contributed by atoms with E-state index in [1.54, 1.807) is 24.3 Å². The van der Waals surface area contributed by atoms with Crippen LogP contribution in [-0.4, -0.2) is 11.8 Å². The van der Waals surface area contributed by atoms with E-state index >= 15 is 0 Å². The molecule has 0 atom stereocenters. The molecule has 0 radical (unpaired) electrons. The molecule has 2 amide bonds. The fraction of sp³-hybridized carbons (Fsp3) is 0.417. The second-order valence-corrected chi connectivity index (χ2v) is 9.57. The van der Waals surface area contributed by atoms with E-state index in [-0.39, 0.29) is 17.2 Å². The molecule has 2 aromatic carbocycles. The van der Waals surface area contributed by atoms with E-state index in [1.807, 2.05) is 24.3 Å². The van der Waals surface area contributed by atoms with Crippen LogP contribution >= 0.6 is 11.6 Å². The van der Waals surface area contributed by atoms with Gasteiger partial charge in [-0.3, -0.25) is 9.59 Å². The Kier molecular flexibility index (Phi) is 4.62. The number of hydrogen-bond donors (Lipinski definition) is 2. The summed E-state index contributed by atoms with van der Waals surface area (Å²) >= 11 is 6.40. The maximum Gasteiger partial charge on any atom is 0.255 e. The standard InChI is InChI=1S/C24H25ClN2O2/c25-20-11-19(6-7-21(20)27-22(28)18-4-2-1-3-5-18)26-23(29)24-12-15-8-16(13-24)10-17(9-15)14-24/h1-7,11,15-17H,8-10,12-14H2,(H,26,29)(H,27,28). The van der Waals surface area contributed by atoms with Crippen molar-refractivity contribution in [2.75, 3.05) is 10.6 Å². The molecule has 29 heavy (non-hydrogen) atoms. The van der Waals surface area contributed by atoms with Crippen LogP contribution in [0.1, 0.15) is 48.9 Å². The molecule has 5 heteroatoms. The van der Waals surface area contributed by atoms with Crippen molar-refractivity contribution in [3.63, 3.8) is 0 Å². The molecule has 4 bridgehead atoms. The summed E-state index contributed by atoms with van der Waals surface area (Å²) in [7, 11) is 0. The van der Waals surface area contributed by atoms with E-state index in [2.05, 4.69) is 10.6 Å². The van der Waals surface area contributed by atoms with Crippen molar-refractivity contribution in [1.29, 1.82) is 0 Å². The number of nitrogens with one attached hydrogen (secondary N) is 2. The van der Waals surface area contributed by atoms with Gasteiger partial charge < -0.3 is 10.6 Å². The molecule has 0 spiro atoms. The summed E-state index contributed by atoms with van der Waals surface area (Å²) in [5.41, 5.74) is 1.60. The van der Waals surface area contributed by atoms with Crippen molar-refractivity contribution in [2.24, 2.45) is 23.2 Å². The Morgan fingerprint density at radius 1 is 0.862 bits per heavy atom. The topological polar surface area (TPSA) is 58.2 Å². The Morgan fingerprint density at radius 2 is 1.48 bits per heavy atom. The van der Waals surface area contributed by atoms with E-state index in [0.717, 1.165) is 37.0 Å². The molecule has 0 saturated heterocycles. The summed E-state index contributed by atoms with van der Waals surface area (Å²) in [6.07, 6.45) is 7.04. The summed E-state index contributed by atoms with van der Waals surface area (Å²) < 4.78 is 0. The molecule has 4 nitrogen and oxygen atoms in total. The van der Waals surface area contributed by atoms with E-state index in [1.165, 1.54) is 19.3 Å². The molecule has 0 heterocycles. The predicted molar refractivity (Wildman–Crippen MR) is 115 cm³/mol. The molecule has 4 saturated carbocycles. The van der Waals surface area contributed by atoms with Crippen LogP contribution in [0, 0.1) is 23.2 Å². The summed E-state index contributed by atoms with van der Waals surface area (Å²) in [5, 5.41) is 6.36. The molecule has 150 valence electrons. The number of anilines is 2. The van der Waals surface area contributed by atoms with Crippen molar-refractivity contribution in [3.8, 4) is 0 Å². The second-order valence-electron chi connectivity index (χ2n) is 9.17. The van der Waals surface area contributed by atoms with Gasteiger partial charge in [-0.25, -0.2) is 0 Å². The lowest BCUT2D eigenvalue weighted by Crippen LogP contribution is -2.51. The van der Waals surface area contributed by atoms with Gasteiger partial charge in [-0.15, -0.1) is 0 Å². The zero-order chi connectivity index (χ0) is 20.0. The van der Waals surface area contributed by atoms with Crippen LogP contribution in [0.3, 0.4) is 0 Å². The van der Waals surface area contributed by atoms with Gasteiger partial charge >= 0.3 is 0 Å². The van der Waals surface area contributed by atoms with Gasteiger partial charge in [0.25, 0.3) is 5.91 Å². The second kappa shape index (κ2) is 7.17. The van der Waals surface area contributed by atoms with Crippen LogP contribution < -0.4 is 10.6 Å². The van der Waals surface area contributed by atoms with Crippen molar-refractivity contribution in [1.82, 2.24) is 0 Å². The molecule has 0 aliphatic heterocycles. The fourth-order valence-electron chi connectivity index (χ4n) is 6.13. The highest BCUT2D eigenvalue weighted by atomic mass is 35.5. The first-order valence-corrected chi connectivity index (χ1v) is 10.9. The molecule has 0 aromatic heterocycles. The highest BCUT2D eigenvalue weighted by Gasteiger charge is 2.54. The largest absolute Gasteiger partial charge is 0.326 e. The van der Waals surface area contributed by atoms with Crippen LogP contribution in [-0.2, 0) is 4.79 Å². The number of rotatable bonds is 4. The molecule has 4 fully saturated rings. The van der Waals surface area contributed by atoms with Gasteiger partial charge in [0.1, 0.15) is 0 Å². The number of carbonyl (C=O) groups excluding carboxylic acids is 2. The third kappa shape index (κ3) is 3.55. The first kappa shape index (κ1) is 18.7. The van der Waals surface area contributed by atoms with Crippen LogP contribution in [0.15, 0.2) is 48.5 Å². The monoisotopic (exact) mass is 408 g/mol. The first-order valence-electron chi connectivity index (χ1n) is 10.5. The zero-order valence-corrected chi connectivity index (χ0v) is 17.0. The summed E-state index contributed by atoms with van der Waals surface area (Å²) in [5.74, 6) is 2.12. The summed E-state index contributed by atoms with van der Waals surface area (Å²) in [6, 6.07) is 14.3. The van der Waals surface area contributed by atoms with Crippen LogP contribution in [0.2, 0.25) is 5.02 Å². The number of hydrogen-bond acceptors (Lipinski definition) is 2. The molecular weight excluding hydrogens is 384 g/mol. The third-order valence-electron chi connectivity index (χ3n) is 7.03. The quantitative estimate of drug-likeness (QED) is 0.676. The average molecular weight is 409 g/mol. The van der Waals surface area contributed by atoms with Crippen molar-refractivity contribution < 1.29 is 9.59 Å². The zero-order valence-electron chi connectivity index (χ0n) is 16.3. The normalized spacial score (nSPS) is 29.5. The van der Waals surface area contributed by atoms with Gasteiger partial charge in [-0.2, -0.15) is 0 Å². The van der Waals surface area contributed by atoms with Crippen LogP contribution in [0.25, 0.3) is 0 Å². The average Bonchev–Trinajstić information content (AvgIpc) is 2.69. The van der Waals surface area contributed by atoms with E-state index < -0.39 is 0 Å². The maximum absolute atomic E-state index is 13.2. The number of carbonyl (C=O) groups is 2. The Labute approximate surface area is 176 Å². The Balaban J connectivity index is 1.28. The minimum Gasteiger partial charge on any atom is -0.326 e. The smallest absolute Gasteiger partial charge is 0.255 e. The Morgan fingerprint density at radius 3 is 2.07 bits per heavy atom. The Bertz CT molecular complexity index is 921. The van der Waals surface area contributed by atoms with Crippen LogP contribution in [0.4, 0.5) is 11.4 Å². The van der Waals surface area contributed by atoms with Gasteiger partial charge in [0.15, 0.2) is 0 Å². The molecular formula is C24H25ClN2O2. The van der Waals surface area contributed by atoms with Crippen molar-refractivity contribution in [3.05, 3.63) is 59.1 Å². The van der Waals surface area contributed by atoms with Gasteiger partial charge in [-0.05, 0) is 86.6 Å². The first-order chi connectivity index (χ1) is 14.0. The maximum atomic E-state index is 13.2. The van der Waals surface area contributed by atoms with Crippen molar-refractivity contribution in [2.45, 2.75) is 38.5 Å². The van der Waals surface area contributed by atoms with E-state index in [0.29, 0.717) is 22.0 Å². The van der Waals surface area contributed by atoms with Gasteiger partial charge in [0.2, 0.25) is 5.91 Å².